The minimum Gasteiger partial charge on any atom is -0.470 e. The summed E-state index contributed by atoms with van der Waals surface area (Å²) >= 11 is 8.01. The van der Waals surface area contributed by atoms with Crippen molar-refractivity contribution in [2.24, 2.45) is 5.73 Å². The van der Waals surface area contributed by atoms with Crippen molar-refractivity contribution in [2.75, 3.05) is 11.9 Å². The highest BCUT2D eigenvalue weighted by Gasteiger charge is 2.00. The molecule has 0 fully saturated rings. The minimum atomic E-state index is -0.639. The van der Waals surface area contributed by atoms with Crippen LogP contribution in [0.25, 0.3) is 0 Å². The van der Waals surface area contributed by atoms with Crippen LogP contribution in [0.15, 0.2) is 24.4 Å². The van der Waals surface area contributed by atoms with Crippen LogP contribution in [-0.4, -0.2) is 27.8 Å². The van der Waals surface area contributed by atoms with E-state index in [-0.39, 0.29) is 11.0 Å². The van der Waals surface area contributed by atoms with Crippen molar-refractivity contribution < 1.29 is 14.3 Å². The second-order valence-electron chi connectivity index (χ2n) is 3.27. The number of anilines is 1. The third-order valence-electron chi connectivity index (χ3n) is 1.58. The Balaban J connectivity index is 0.000000711. The molecule has 0 aliphatic rings. The van der Waals surface area contributed by atoms with E-state index in [0.717, 1.165) is 0 Å². The number of pyridine rings is 1. The summed E-state index contributed by atoms with van der Waals surface area (Å²) in [6.45, 7) is 1.81. The second-order valence-corrected chi connectivity index (χ2v) is 4.08. The fourth-order valence-electron chi connectivity index (χ4n) is 0.865. The molecule has 0 aliphatic heterocycles. The van der Waals surface area contributed by atoms with Crippen molar-refractivity contribution in [1.29, 1.82) is 0 Å². The molecule has 1 rings (SSSR count). The van der Waals surface area contributed by atoms with Crippen LogP contribution in [0.5, 0.6) is 0 Å². The summed E-state index contributed by atoms with van der Waals surface area (Å²) < 4.78 is 5.12. The van der Waals surface area contributed by atoms with E-state index in [1.165, 1.54) is 6.92 Å². The number of thiocarbonyl (C=S) groups is 1. The van der Waals surface area contributed by atoms with Gasteiger partial charge in [0.2, 0.25) is 0 Å². The molecule has 0 saturated heterocycles. The van der Waals surface area contributed by atoms with Crippen molar-refractivity contribution in [3.63, 3.8) is 0 Å². The Hall–Kier alpha value is -1.67. The summed E-state index contributed by atoms with van der Waals surface area (Å²) in [6, 6.07) is 5.43. The highest BCUT2D eigenvalue weighted by Crippen LogP contribution is 2.00. The Kier molecular flexibility index (Phi) is 9.37. The molecule has 1 heterocycles. The lowest BCUT2D eigenvalue weighted by Gasteiger charge is -2.07. The summed E-state index contributed by atoms with van der Waals surface area (Å²) in [6.07, 6.45) is 2.02. The SMILES string of the molecule is CC(=O)CCOC(=S)Nc1ccccn1.NC(=O)S. The molecule has 0 aromatic carbocycles. The van der Waals surface area contributed by atoms with Gasteiger partial charge in [0.25, 0.3) is 10.4 Å². The smallest absolute Gasteiger partial charge is 0.273 e. The molecule has 0 unspecified atom stereocenters. The number of amides is 1. The highest BCUT2D eigenvalue weighted by atomic mass is 32.1. The van der Waals surface area contributed by atoms with E-state index in [1.807, 2.05) is 12.1 Å². The Morgan fingerprint density at radius 3 is 2.63 bits per heavy atom. The number of carbonyl (C=O) groups excluding carboxylic acids is 2. The van der Waals surface area contributed by atoms with Crippen molar-refractivity contribution in [3.8, 4) is 0 Å². The van der Waals surface area contributed by atoms with Gasteiger partial charge in [-0.2, -0.15) is 0 Å². The monoisotopic (exact) mass is 301 g/mol. The zero-order valence-corrected chi connectivity index (χ0v) is 12.0. The van der Waals surface area contributed by atoms with Crippen LogP contribution in [-0.2, 0) is 9.53 Å². The molecule has 104 valence electrons. The molecule has 19 heavy (non-hydrogen) atoms. The Labute approximate surface area is 122 Å². The predicted molar refractivity (Wildman–Crippen MR) is 80.3 cm³/mol. The largest absolute Gasteiger partial charge is 0.470 e. The third kappa shape index (κ3) is 12.6. The van der Waals surface area contributed by atoms with Crippen molar-refractivity contribution in [2.45, 2.75) is 13.3 Å². The molecule has 1 aromatic heterocycles. The summed E-state index contributed by atoms with van der Waals surface area (Å²) in [5.41, 5.74) is 4.34. The zero-order valence-electron chi connectivity index (χ0n) is 10.3. The van der Waals surface area contributed by atoms with Gasteiger partial charge in [0.05, 0.1) is 6.61 Å². The van der Waals surface area contributed by atoms with Gasteiger partial charge in [-0.05, 0) is 31.3 Å². The van der Waals surface area contributed by atoms with Gasteiger partial charge in [0, 0.05) is 12.6 Å². The molecule has 0 radical (unpaired) electrons. The minimum absolute atomic E-state index is 0.0793. The standard InChI is InChI=1S/C10H12N2O2S.CH3NOS/c1-8(13)5-7-14-10(15)12-9-4-2-3-6-11-9;2-1(3)4/h2-4,6H,5,7H2,1H3,(H,11,12,15);(H3,2,3,4). The van der Waals surface area contributed by atoms with E-state index in [1.54, 1.807) is 12.3 Å². The number of hydrogen-bond donors (Lipinski definition) is 3. The zero-order chi connectivity index (χ0) is 14.7. The fourth-order valence-corrected chi connectivity index (χ4v) is 1.05. The molecular formula is C11H15N3O3S2. The van der Waals surface area contributed by atoms with Gasteiger partial charge in [-0.15, -0.1) is 0 Å². The average Bonchev–Trinajstić information content (AvgIpc) is 2.28. The molecule has 0 aliphatic carbocycles. The fraction of sp³-hybridized carbons (Fsp3) is 0.273. The molecule has 0 bridgehead atoms. The van der Waals surface area contributed by atoms with Crippen LogP contribution < -0.4 is 11.1 Å². The van der Waals surface area contributed by atoms with Crippen molar-refractivity contribution >= 4 is 46.9 Å². The first-order valence-electron chi connectivity index (χ1n) is 5.24. The van der Waals surface area contributed by atoms with Crippen LogP contribution in [0.3, 0.4) is 0 Å². The summed E-state index contributed by atoms with van der Waals surface area (Å²) in [5.74, 6) is 0.709. The van der Waals surface area contributed by atoms with Crippen LogP contribution in [0.4, 0.5) is 10.6 Å². The Morgan fingerprint density at radius 2 is 2.16 bits per heavy atom. The maximum Gasteiger partial charge on any atom is 0.273 e. The quantitative estimate of drug-likeness (QED) is 0.579. The number of nitrogens with zero attached hydrogens (tertiary/aromatic N) is 1. The molecule has 0 atom stereocenters. The lowest BCUT2D eigenvalue weighted by Crippen LogP contribution is -2.15. The maximum absolute atomic E-state index is 10.6. The third-order valence-corrected chi connectivity index (χ3v) is 1.80. The lowest BCUT2D eigenvalue weighted by molar-refractivity contribution is -0.117. The van der Waals surface area contributed by atoms with Crippen LogP contribution in [0.1, 0.15) is 13.3 Å². The summed E-state index contributed by atoms with van der Waals surface area (Å²) in [4.78, 5) is 23.7. The first kappa shape index (κ1) is 17.3. The van der Waals surface area contributed by atoms with Gasteiger partial charge >= 0.3 is 0 Å². The molecular weight excluding hydrogens is 286 g/mol. The molecule has 0 spiro atoms. The normalized spacial score (nSPS) is 8.74. The average molecular weight is 301 g/mol. The number of rotatable bonds is 4. The summed E-state index contributed by atoms with van der Waals surface area (Å²) in [7, 11) is 0. The lowest BCUT2D eigenvalue weighted by atomic mass is 10.3. The van der Waals surface area contributed by atoms with Gasteiger partial charge in [-0.25, -0.2) is 4.98 Å². The van der Waals surface area contributed by atoms with Gasteiger partial charge in [0.15, 0.2) is 0 Å². The molecule has 6 nitrogen and oxygen atoms in total. The van der Waals surface area contributed by atoms with E-state index in [2.05, 4.69) is 28.7 Å². The number of Topliss-reactive ketones (excluding diaryl/α,β-unsaturated/α-hetero) is 1. The first-order valence-corrected chi connectivity index (χ1v) is 6.10. The highest BCUT2D eigenvalue weighted by molar-refractivity contribution is 7.96. The Morgan fingerprint density at radius 1 is 1.53 bits per heavy atom. The molecule has 0 saturated carbocycles. The van der Waals surface area contributed by atoms with Crippen molar-refractivity contribution in [3.05, 3.63) is 24.4 Å². The molecule has 1 amide bonds. The number of nitrogens with one attached hydrogen (secondary N) is 1. The Bertz CT molecular complexity index is 422. The van der Waals surface area contributed by atoms with Crippen LogP contribution >= 0.6 is 24.8 Å². The van der Waals surface area contributed by atoms with E-state index in [9.17, 15) is 4.79 Å². The van der Waals surface area contributed by atoms with E-state index in [0.29, 0.717) is 18.8 Å². The van der Waals surface area contributed by atoms with Gasteiger partial charge < -0.3 is 15.8 Å². The predicted octanol–water partition coefficient (Wildman–Crippen LogP) is 1.77. The van der Waals surface area contributed by atoms with Gasteiger partial charge in [-0.3, -0.25) is 9.59 Å². The summed E-state index contributed by atoms with van der Waals surface area (Å²) in [5, 5.41) is 2.39. The molecule has 3 N–H and O–H groups in total. The number of ketones is 1. The number of hydrogen-bond acceptors (Lipinski definition) is 5. The maximum atomic E-state index is 10.6. The number of primary amides is 1. The molecule has 1 aromatic rings. The first-order chi connectivity index (χ1) is 8.91. The number of ether oxygens (including phenoxy) is 1. The second kappa shape index (κ2) is 10.3. The van der Waals surface area contributed by atoms with Gasteiger partial charge in [0.1, 0.15) is 11.6 Å². The van der Waals surface area contributed by atoms with E-state index in [4.69, 9.17) is 21.7 Å². The number of carbonyl (C=O) groups is 2. The number of nitrogens with two attached hydrogens (primary N) is 1. The number of thiol groups is 1. The van der Waals surface area contributed by atoms with Crippen LogP contribution in [0, 0.1) is 0 Å². The topological polar surface area (TPSA) is 94.3 Å². The molecule has 8 heteroatoms. The van der Waals surface area contributed by atoms with E-state index < -0.39 is 5.24 Å². The number of aromatic nitrogens is 1. The van der Waals surface area contributed by atoms with Crippen LogP contribution in [0.2, 0.25) is 0 Å². The van der Waals surface area contributed by atoms with E-state index >= 15 is 0 Å². The van der Waals surface area contributed by atoms with Crippen molar-refractivity contribution in [1.82, 2.24) is 4.98 Å². The van der Waals surface area contributed by atoms with Gasteiger partial charge in [-0.1, -0.05) is 18.7 Å².